The molecule has 0 saturated carbocycles. The molecule has 0 aliphatic carbocycles. The summed E-state index contributed by atoms with van der Waals surface area (Å²) >= 11 is 0. The molecule has 5 heteroatoms. The molecule has 3 unspecified atom stereocenters. The molecule has 1 fully saturated rings. The predicted octanol–water partition coefficient (Wildman–Crippen LogP) is 3.04. The van der Waals surface area contributed by atoms with Gasteiger partial charge in [-0.1, -0.05) is 13.0 Å². The molecule has 0 aromatic heterocycles. The van der Waals surface area contributed by atoms with Gasteiger partial charge in [0.2, 0.25) is 0 Å². The normalized spacial score (nSPS) is 27.3. The van der Waals surface area contributed by atoms with Crippen LogP contribution in [-0.4, -0.2) is 35.5 Å². The molecule has 1 N–H and O–H groups in total. The Balaban J connectivity index is 2.18. The van der Waals surface area contributed by atoms with E-state index in [1.807, 2.05) is 13.0 Å². The largest absolute Gasteiger partial charge is 0.382 e. The lowest BCUT2D eigenvalue weighted by Gasteiger charge is -2.40. The van der Waals surface area contributed by atoms with Crippen LogP contribution in [0.3, 0.4) is 0 Å². The highest BCUT2D eigenvalue weighted by Crippen LogP contribution is 2.29. The number of rotatable bonds is 3. The number of hydrogen-bond donors (Lipinski definition) is 1. The minimum absolute atomic E-state index is 0.184. The van der Waals surface area contributed by atoms with Crippen molar-refractivity contribution in [2.45, 2.75) is 39.3 Å². The Morgan fingerprint density at radius 2 is 2.10 bits per heavy atom. The third kappa shape index (κ3) is 2.93. The van der Waals surface area contributed by atoms with Gasteiger partial charge in [0.05, 0.1) is 4.92 Å². The van der Waals surface area contributed by atoms with Gasteiger partial charge < -0.3 is 10.2 Å². The van der Waals surface area contributed by atoms with Crippen LogP contribution in [0.5, 0.6) is 0 Å². The molecule has 0 spiro atoms. The molecule has 110 valence electrons. The molecule has 1 aromatic rings. The van der Waals surface area contributed by atoms with Crippen molar-refractivity contribution in [2.24, 2.45) is 5.92 Å². The summed E-state index contributed by atoms with van der Waals surface area (Å²) in [5, 5.41) is 14.5. The zero-order valence-electron chi connectivity index (χ0n) is 12.6. The lowest BCUT2D eigenvalue weighted by molar-refractivity contribution is -0.385. The first-order valence-electron chi connectivity index (χ1n) is 7.11. The molecule has 1 aliphatic rings. The topological polar surface area (TPSA) is 58.4 Å². The molecule has 1 heterocycles. The number of nitro groups is 1. The number of hydrogen-bond acceptors (Lipinski definition) is 4. The van der Waals surface area contributed by atoms with E-state index in [9.17, 15) is 10.1 Å². The molecule has 3 atom stereocenters. The minimum Gasteiger partial charge on any atom is -0.382 e. The monoisotopic (exact) mass is 277 g/mol. The molecular weight excluding hydrogens is 254 g/mol. The molecule has 1 aliphatic heterocycles. The van der Waals surface area contributed by atoms with Gasteiger partial charge in [0.25, 0.3) is 5.69 Å². The van der Waals surface area contributed by atoms with Crippen LogP contribution in [0.2, 0.25) is 0 Å². The van der Waals surface area contributed by atoms with Crippen molar-refractivity contribution >= 4 is 11.4 Å². The van der Waals surface area contributed by atoms with E-state index in [2.05, 4.69) is 31.1 Å². The summed E-state index contributed by atoms with van der Waals surface area (Å²) in [6, 6.07) is 6.13. The molecule has 1 aromatic carbocycles. The summed E-state index contributed by atoms with van der Waals surface area (Å²) in [7, 11) is 2.15. The van der Waals surface area contributed by atoms with Crippen molar-refractivity contribution in [3.8, 4) is 0 Å². The van der Waals surface area contributed by atoms with E-state index in [0.717, 1.165) is 24.2 Å². The highest BCUT2D eigenvalue weighted by Gasteiger charge is 2.29. The van der Waals surface area contributed by atoms with Gasteiger partial charge in [-0.2, -0.15) is 0 Å². The van der Waals surface area contributed by atoms with E-state index in [1.54, 1.807) is 12.1 Å². The number of nitrogens with zero attached hydrogens (tertiary/aromatic N) is 2. The van der Waals surface area contributed by atoms with Gasteiger partial charge in [-0.05, 0) is 39.3 Å². The smallest absolute Gasteiger partial charge is 0.274 e. The van der Waals surface area contributed by atoms with Crippen LogP contribution in [0.1, 0.15) is 25.8 Å². The average Bonchev–Trinajstić information content (AvgIpc) is 2.37. The Morgan fingerprint density at radius 3 is 2.75 bits per heavy atom. The van der Waals surface area contributed by atoms with E-state index in [0.29, 0.717) is 18.0 Å². The summed E-state index contributed by atoms with van der Waals surface area (Å²) < 4.78 is 0. The maximum atomic E-state index is 11.0. The first-order chi connectivity index (χ1) is 9.40. The van der Waals surface area contributed by atoms with E-state index < -0.39 is 0 Å². The Hall–Kier alpha value is -1.62. The molecule has 0 bridgehead atoms. The second-order valence-electron chi connectivity index (χ2n) is 5.96. The van der Waals surface area contributed by atoms with E-state index in [1.165, 1.54) is 0 Å². The number of nitro benzene ring substituents is 1. The molecule has 0 radical (unpaired) electrons. The van der Waals surface area contributed by atoms with Crippen molar-refractivity contribution in [3.63, 3.8) is 0 Å². The van der Waals surface area contributed by atoms with E-state index >= 15 is 0 Å². The van der Waals surface area contributed by atoms with Crippen LogP contribution >= 0.6 is 0 Å². The summed E-state index contributed by atoms with van der Waals surface area (Å²) in [6.45, 7) is 7.31. The highest BCUT2D eigenvalue weighted by molar-refractivity contribution is 5.60. The Kier molecular flexibility index (Phi) is 4.28. The van der Waals surface area contributed by atoms with Crippen molar-refractivity contribution < 1.29 is 4.92 Å². The van der Waals surface area contributed by atoms with Crippen LogP contribution in [-0.2, 0) is 0 Å². The van der Waals surface area contributed by atoms with E-state index in [4.69, 9.17) is 0 Å². The minimum atomic E-state index is -0.318. The van der Waals surface area contributed by atoms with Crippen LogP contribution < -0.4 is 5.32 Å². The summed E-state index contributed by atoms with van der Waals surface area (Å²) in [4.78, 5) is 13.0. The summed E-state index contributed by atoms with van der Waals surface area (Å²) in [5.74, 6) is 0.523. The fraction of sp³-hybridized carbons (Fsp3) is 0.600. The third-order valence-electron chi connectivity index (χ3n) is 4.45. The van der Waals surface area contributed by atoms with Crippen molar-refractivity contribution in [1.82, 2.24) is 4.90 Å². The zero-order valence-corrected chi connectivity index (χ0v) is 12.6. The maximum absolute atomic E-state index is 11.0. The average molecular weight is 277 g/mol. The molecule has 0 amide bonds. The lowest BCUT2D eigenvalue weighted by atomic mass is 9.89. The van der Waals surface area contributed by atoms with E-state index in [-0.39, 0.29) is 10.6 Å². The van der Waals surface area contributed by atoms with Gasteiger partial charge in [0.1, 0.15) is 0 Å². The van der Waals surface area contributed by atoms with Gasteiger partial charge in [-0.3, -0.25) is 10.1 Å². The Labute approximate surface area is 120 Å². The number of piperidine rings is 1. The number of anilines is 1. The van der Waals surface area contributed by atoms with Crippen LogP contribution in [0.15, 0.2) is 18.2 Å². The maximum Gasteiger partial charge on any atom is 0.274 e. The summed E-state index contributed by atoms with van der Waals surface area (Å²) in [5.41, 5.74) is 1.78. The highest BCUT2D eigenvalue weighted by atomic mass is 16.6. The Bertz CT molecular complexity index is 504. The third-order valence-corrected chi connectivity index (χ3v) is 4.45. The summed E-state index contributed by atoms with van der Waals surface area (Å²) in [6.07, 6.45) is 1.06. The predicted molar refractivity (Wildman–Crippen MR) is 81.1 cm³/mol. The molecule has 2 rings (SSSR count). The molecule has 5 nitrogen and oxygen atoms in total. The van der Waals surface area contributed by atoms with Crippen molar-refractivity contribution in [2.75, 3.05) is 18.9 Å². The molecular formula is C15H23N3O2. The molecule has 1 saturated heterocycles. The second-order valence-corrected chi connectivity index (χ2v) is 5.96. The lowest BCUT2D eigenvalue weighted by Crippen LogP contribution is -2.48. The van der Waals surface area contributed by atoms with Gasteiger partial charge in [0.15, 0.2) is 0 Å². The van der Waals surface area contributed by atoms with Crippen molar-refractivity contribution in [1.29, 1.82) is 0 Å². The van der Waals surface area contributed by atoms with Gasteiger partial charge >= 0.3 is 0 Å². The van der Waals surface area contributed by atoms with Gasteiger partial charge in [0, 0.05) is 35.9 Å². The first kappa shape index (κ1) is 14.8. The van der Waals surface area contributed by atoms with Gasteiger partial charge in [-0.15, -0.1) is 0 Å². The second kappa shape index (κ2) is 5.79. The van der Waals surface area contributed by atoms with Gasteiger partial charge in [-0.25, -0.2) is 0 Å². The van der Waals surface area contributed by atoms with Crippen LogP contribution in [0.25, 0.3) is 0 Å². The van der Waals surface area contributed by atoms with Crippen LogP contribution in [0, 0.1) is 23.0 Å². The fourth-order valence-electron chi connectivity index (χ4n) is 2.92. The molecule has 20 heavy (non-hydrogen) atoms. The standard InChI is InChI=1S/C15H23N3O2/c1-10-9-17(4)11(2)8-14(10)16-13-6-5-7-15(12(13)3)18(19)20/h5-7,10-11,14,16H,8-9H2,1-4H3. The number of likely N-dealkylation sites (tertiary alicyclic amines) is 1. The quantitative estimate of drug-likeness (QED) is 0.681. The Morgan fingerprint density at radius 1 is 1.40 bits per heavy atom. The fourth-order valence-corrected chi connectivity index (χ4v) is 2.92. The van der Waals surface area contributed by atoms with Crippen LogP contribution in [0.4, 0.5) is 11.4 Å². The SMILES string of the molecule is Cc1c(NC2CC(C)N(C)CC2C)cccc1[N+](=O)[O-]. The zero-order chi connectivity index (χ0) is 14.9. The van der Waals surface area contributed by atoms with Crippen molar-refractivity contribution in [3.05, 3.63) is 33.9 Å². The first-order valence-corrected chi connectivity index (χ1v) is 7.11. The number of nitrogens with one attached hydrogen (secondary N) is 1. The number of benzene rings is 1.